The molecule has 0 heterocycles. The van der Waals surface area contributed by atoms with Crippen molar-refractivity contribution in [3.05, 3.63) is 42.5 Å². The molecule has 0 amide bonds. The molecule has 25 heavy (non-hydrogen) atoms. The minimum atomic E-state index is -0.609. The highest BCUT2D eigenvalue weighted by molar-refractivity contribution is 5.26. The number of methoxy groups -OCH3 is 1. The van der Waals surface area contributed by atoms with Gasteiger partial charge in [-0.1, -0.05) is 38.5 Å². The van der Waals surface area contributed by atoms with Crippen molar-refractivity contribution in [1.82, 2.24) is 0 Å². The lowest BCUT2D eigenvalue weighted by molar-refractivity contribution is -0.139. The largest absolute Gasteiger partial charge is 0.497 e. The minimum Gasteiger partial charge on any atom is -0.497 e. The fraction of sp³-hybridized carbons (Fsp3) is 0.636. The number of ether oxygens (including phenoxy) is 2. The first-order valence-electron chi connectivity index (χ1n) is 9.49. The fourth-order valence-electron chi connectivity index (χ4n) is 4.24. The van der Waals surface area contributed by atoms with E-state index in [0.717, 1.165) is 43.4 Å². The van der Waals surface area contributed by atoms with Gasteiger partial charge in [0.2, 0.25) is 0 Å². The number of aliphatic hydroxyl groups is 1. The molecule has 1 aromatic carbocycles. The van der Waals surface area contributed by atoms with E-state index in [4.69, 9.17) is 9.47 Å². The average molecular weight is 347 g/mol. The fourth-order valence-corrected chi connectivity index (χ4v) is 4.24. The second-order valence-electron chi connectivity index (χ2n) is 7.74. The third-order valence-electron chi connectivity index (χ3n) is 6.25. The van der Waals surface area contributed by atoms with Gasteiger partial charge in [0.15, 0.2) is 0 Å². The molecule has 3 heteroatoms. The molecule has 0 bridgehead atoms. The summed E-state index contributed by atoms with van der Waals surface area (Å²) in [6, 6.07) is 7.95. The van der Waals surface area contributed by atoms with Gasteiger partial charge in [-0.3, -0.25) is 0 Å². The Morgan fingerprint density at radius 2 is 2.04 bits per heavy atom. The van der Waals surface area contributed by atoms with Crippen LogP contribution in [0.4, 0.5) is 0 Å². The molecule has 1 saturated carbocycles. The van der Waals surface area contributed by atoms with Gasteiger partial charge >= 0.3 is 0 Å². The van der Waals surface area contributed by atoms with Crippen LogP contribution in [0.1, 0.15) is 57.9 Å². The van der Waals surface area contributed by atoms with Gasteiger partial charge in [-0.25, -0.2) is 0 Å². The Balaban J connectivity index is 1.81. The molecule has 1 N–H and O–H groups in total. The third-order valence-corrected chi connectivity index (χ3v) is 6.25. The molecule has 0 unspecified atom stereocenters. The predicted octanol–water partition coefficient (Wildman–Crippen LogP) is 5.13. The molecule has 3 atom stereocenters. The van der Waals surface area contributed by atoms with E-state index < -0.39 is 5.60 Å². The molecule has 0 aromatic heterocycles. The van der Waals surface area contributed by atoms with Crippen LogP contribution < -0.4 is 4.74 Å². The molecular formula is C22H34O3. The Bertz CT molecular complexity index is 539. The lowest BCUT2D eigenvalue weighted by atomic mass is 9.56. The van der Waals surface area contributed by atoms with Crippen LogP contribution in [0.5, 0.6) is 5.75 Å². The quantitative estimate of drug-likeness (QED) is 0.498. The van der Waals surface area contributed by atoms with Crippen LogP contribution in [-0.4, -0.2) is 24.4 Å². The molecule has 1 fully saturated rings. The maximum Gasteiger partial charge on any atom is 0.118 e. The molecule has 2 rings (SSSR count). The minimum absolute atomic E-state index is 0.0804. The summed E-state index contributed by atoms with van der Waals surface area (Å²) >= 11 is 0. The normalized spacial score (nSPS) is 29.4. The lowest BCUT2D eigenvalue weighted by Crippen LogP contribution is -2.52. The van der Waals surface area contributed by atoms with Crippen molar-refractivity contribution in [2.75, 3.05) is 13.7 Å². The molecule has 1 aromatic rings. The summed E-state index contributed by atoms with van der Waals surface area (Å²) < 4.78 is 11.0. The van der Waals surface area contributed by atoms with E-state index in [0.29, 0.717) is 19.1 Å². The first kappa shape index (κ1) is 20.0. The summed E-state index contributed by atoms with van der Waals surface area (Å²) in [6.07, 6.45) is 7.71. The first-order chi connectivity index (χ1) is 11.9. The van der Waals surface area contributed by atoms with E-state index in [9.17, 15) is 5.11 Å². The van der Waals surface area contributed by atoms with Gasteiger partial charge < -0.3 is 14.6 Å². The van der Waals surface area contributed by atoms with Crippen molar-refractivity contribution in [3.63, 3.8) is 0 Å². The Morgan fingerprint density at radius 3 is 2.68 bits per heavy atom. The van der Waals surface area contributed by atoms with Crippen LogP contribution in [0.25, 0.3) is 0 Å². The number of hydrogen-bond donors (Lipinski definition) is 1. The summed E-state index contributed by atoms with van der Waals surface area (Å²) in [5.74, 6) is 1.38. The van der Waals surface area contributed by atoms with Gasteiger partial charge in [0.1, 0.15) is 5.75 Å². The molecule has 3 nitrogen and oxygen atoms in total. The highest BCUT2D eigenvalue weighted by Crippen LogP contribution is 2.52. The molecule has 140 valence electrons. The smallest absolute Gasteiger partial charge is 0.118 e. The maximum absolute atomic E-state index is 11.3. The number of benzene rings is 1. The predicted molar refractivity (Wildman–Crippen MR) is 103 cm³/mol. The highest BCUT2D eigenvalue weighted by Gasteiger charge is 2.50. The summed E-state index contributed by atoms with van der Waals surface area (Å²) in [5, 5.41) is 11.3. The second-order valence-corrected chi connectivity index (χ2v) is 7.74. The van der Waals surface area contributed by atoms with Crippen molar-refractivity contribution < 1.29 is 14.6 Å². The SMILES string of the molecule is C=CC[C@]1(C)[C@@H](C)CCC[C@]1(O)CCCOCc1ccc(OC)cc1. The number of hydrogen-bond acceptors (Lipinski definition) is 3. The Hall–Kier alpha value is -1.32. The van der Waals surface area contributed by atoms with E-state index in [1.165, 1.54) is 6.42 Å². The zero-order valence-corrected chi connectivity index (χ0v) is 16.1. The molecule has 0 aliphatic heterocycles. The van der Waals surface area contributed by atoms with Crippen LogP contribution in [0.15, 0.2) is 36.9 Å². The summed E-state index contributed by atoms with van der Waals surface area (Å²) in [4.78, 5) is 0. The van der Waals surface area contributed by atoms with Gasteiger partial charge in [-0.05, 0) is 55.7 Å². The first-order valence-corrected chi connectivity index (χ1v) is 9.49. The maximum atomic E-state index is 11.3. The van der Waals surface area contributed by atoms with E-state index >= 15 is 0 Å². The average Bonchev–Trinajstić information content (AvgIpc) is 2.61. The van der Waals surface area contributed by atoms with Gasteiger partial charge in [0, 0.05) is 12.0 Å². The zero-order chi connectivity index (χ0) is 18.3. The van der Waals surface area contributed by atoms with Crippen LogP contribution in [0.3, 0.4) is 0 Å². The Morgan fingerprint density at radius 1 is 1.32 bits per heavy atom. The second kappa shape index (κ2) is 8.86. The van der Waals surface area contributed by atoms with Crippen LogP contribution in [-0.2, 0) is 11.3 Å². The highest BCUT2D eigenvalue weighted by atomic mass is 16.5. The van der Waals surface area contributed by atoms with Crippen molar-refractivity contribution in [1.29, 1.82) is 0 Å². The monoisotopic (exact) mass is 346 g/mol. The van der Waals surface area contributed by atoms with Gasteiger partial charge in [-0.15, -0.1) is 6.58 Å². The Labute approximate surface area is 153 Å². The van der Waals surface area contributed by atoms with E-state index in [1.54, 1.807) is 7.11 Å². The van der Waals surface area contributed by atoms with Crippen LogP contribution in [0.2, 0.25) is 0 Å². The van der Waals surface area contributed by atoms with Crippen molar-refractivity contribution in [2.45, 2.75) is 64.6 Å². The van der Waals surface area contributed by atoms with Gasteiger partial charge in [-0.2, -0.15) is 0 Å². The third kappa shape index (κ3) is 4.65. The summed E-state index contributed by atoms with van der Waals surface area (Å²) in [7, 11) is 1.67. The van der Waals surface area contributed by atoms with Crippen molar-refractivity contribution in [3.8, 4) is 5.75 Å². The van der Waals surface area contributed by atoms with E-state index in [-0.39, 0.29) is 5.41 Å². The lowest BCUT2D eigenvalue weighted by Gasteiger charge is -2.52. The summed E-state index contributed by atoms with van der Waals surface area (Å²) in [6.45, 7) is 9.69. The van der Waals surface area contributed by atoms with E-state index in [1.807, 2.05) is 30.3 Å². The molecular weight excluding hydrogens is 312 g/mol. The summed E-state index contributed by atoms with van der Waals surface area (Å²) in [5.41, 5.74) is 0.452. The van der Waals surface area contributed by atoms with Crippen molar-refractivity contribution in [2.24, 2.45) is 11.3 Å². The van der Waals surface area contributed by atoms with Gasteiger partial charge in [0.05, 0.1) is 19.3 Å². The molecule has 0 spiro atoms. The van der Waals surface area contributed by atoms with E-state index in [2.05, 4.69) is 20.4 Å². The molecule has 0 radical (unpaired) electrons. The Kier molecular flexibility index (Phi) is 7.09. The standard InChI is InChI=1S/C22H34O3/c1-5-13-21(3)18(2)8-6-14-22(21,23)15-7-16-25-17-19-9-11-20(24-4)12-10-19/h5,9-12,18,23H,1,6-8,13-17H2,2-4H3/t18-,21+,22-/m0/s1. The van der Waals surface area contributed by atoms with Crippen molar-refractivity contribution >= 4 is 0 Å². The molecule has 1 aliphatic carbocycles. The zero-order valence-electron chi connectivity index (χ0n) is 16.1. The van der Waals surface area contributed by atoms with Crippen LogP contribution in [0, 0.1) is 11.3 Å². The van der Waals surface area contributed by atoms with Gasteiger partial charge in [0.25, 0.3) is 0 Å². The number of allylic oxidation sites excluding steroid dienone is 1. The topological polar surface area (TPSA) is 38.7 Å². The number of rotatable bonds is 9. The molecule has 0 saturated heterocycles. The van der Waals surface area contributed by atoms with Crippen LogP contribution >= 0.6 is 0 Å². The molecule has 1 aliphatic rings.